The minimum atomic E-state index is -0.117. The summed E-state index contributed by atoms with van der Waals surface area (Å²) in [5.41, 5.74) is 6.06. The Morgan fingerprint density at radius 2 is 1.84 bits per heavy atom. The lowest BCUT2D eigenvalue weighted by atomic mass is 10.0. The summed E-state index contributed by atoms with van der Waals surface area (Å²) in [6, 6.07) is 24.9. The van der Waals surface area contributed by atoms with Crippen LogP contribution in [0, 0.1) is 6.92 Å². The monoisotopic (exact) mass is 429 g/mol. The number of nitrogens with one attached hydrogen (secondary N) is 1. The molecule has 0 aromatic heterocycles. The van der Waals surface area contributed by atoms with E-state index >= 15 is 0 Å². The summed E-state index contributed by atoms with van der Waals surface area (Å²) in [5, 5.41) is 3.10. The van der Waals surface area contributed by atoms with Gasteiger partial charge in [0.1, 0.15) is 5.75 Å². The molecule has 3 aromatic carbocycles. The summed E-state index contributed by atoms with van der Waals surface area (Å²) in [7, 11) is 4.08. The van der Waals surface area contributed by atoms with Gasteiger partial charge in [-0.05, 0) is 60.4 Å². The van der Waals surface area contributed by atoms with Crippen LogP contribution >= 0.6 is 0 Å². The third kappa shape index (κ3) is 5.05. The Hall–Kier alpha value is -3.47. The fourth-order valence-corrected chi connectivity index (χ4v) is 4.21. The van der Waals surface area contributed by atoms with Crippen LogP contribution in [0.5, 0.6) is 5.75 Å². The number of hydrogen-bond donors (Lipinski definition) is 1. The number of aryl methyl sites for hydroxylation is 1. The first kappa shape index (κ1) is 21.8. The summed E-state index contributed by atoms with van der Waals surface area (Å²) in [6.45, 7) is 3.47. The first-order chi connectivity index (χ1) is 15.5. The Morgan fingerprint density at radius 3 is 2.59 bits per heavy atom. The number of nitrogens with zero attached hydrogens (tertiary/aromatic N) is 2. The van der Waals surface area contributed by atoms with Gasteiger partial charge in [0.05, 0.1) is 6.04 Å². The predicted molar refractivity (Wildman–Crippen MR) is 131 cm³/mol. The lowest BCUT2D eigenvalue weighted by molar-refractivity contribution is -0.123. The quantitative estimate of drug-likeness (QED) is 0.578. The van der Waals surface area contributed by atoms with E-state index < -0.39 is 0 Å². The zero-order chi connectivity index (χ0) is 22.5. The lowest BCUT2D eigenvalue weighted by Gasteiger charge is -2.31. The van der Waals surface area contributed by atoms with Crippen molar-refractivity contribution in [2.45, 2.75) is 19.4 Å². The number of rotatable bonds is 8. The maximum Gasteiger partial charge on any atom is 0.258 e. The second-order valence-corrected chi connectivity index (χ2v) is 8.48. The van der Waals surface area contributed by atoms with Crippen LogP contribution in [0.15, 0.2) is 72.8 Å². The van der Waals surface area contributed by atoms with Crippen molar-refractivity contribution >= 4 is 17.3 Å². The van der Waals surface area contributed by atoms with Gasteiger partial charge in [-0.3, -0.25) is 4.79 Å². The van der Waals surface area contributed by atoms with Crippen molar-refractivity contribution in [1.82, 2.24) is 5.32 Å². The molecule has 0 radical (unpaired) electrons. The first-order valence-corrected chi connectivity index (χ1v) is 11.1. The van der Waals surface area contributed by atoms with Crippen molar-refractivity contribution in [1.29, 1.82) is 0 Å². The van der Waals surface area contributed by atoms with Crippen molar-refractivity contribution in [3.05, 3.63) is 89.5 Å². The summed E-state index contributed by atoms with van der Waals surface area (Å²) < 4.78 is 5.68. The largest absolute Gasteiger partial charge is 0.484 e. The molecule has 0 spiro atoms. The lowest BCUT2D eigenvalue weighted by Crippen LogP contribution is -2.39. The number of ether oxygens (including phenoxy) is 1. The number of carbonyl (C=O) groups is 1. The molecular weight excluding hydrogens is 398 g/mol. The molecule has 0 saturated heterocycles. The van der Waals surface area contributed by atoms with Gasteiger partial charge in [0.2, 0.25) is 0 Å². The first-order valence-electron chi connectivity index (χ1n) is 11.1. The van der Waals surface area contributed by atoms with Crippen LogP contribution in [0.1, 0.15) is 22.7 Å². The number of carbonyl (C=O) groups excluding carboxylic acids is 1. The van der Waals surface area contributed by atoms with Gasteiger partial charge >= 0.3 is 0 Å². The Bertz CT molecular complexity index is 1060. The van der Waals surface area contributed by atoms with Gasteiger partial charge < -0.3 is 19.9 Å². The van der Waals surface area contributed by atoms with Crippen molar-refractivity contribution in [2.75, 3.05) is 43.6 Å². The second-order valence-electron chi connectivity index (χ2n) is 8.48. The van der Waals surface area contributed by atoms with Crippen molar-refractivity contribution in [3.63, 3.8) is 0 Å². The van der Waals surface area contributed by atoms with Crippen LogP contribution in [0.4, 0.5) is 11.4 Å². The van der Waals surface area contributed by atoms with E-state index in [1.165, 1.54) is 16.8 Å². The topological polar surface area (TPSA) is 44.8 Å². The zero-order valence-corrected chi connectivity index (χ0v) is 19.0. The fraction of sp³-hybridized carbons (Fsp3) is 0.296. The summed E-state index contributed by atoms with van der Waals surface area (Å²) >= 11 is 0. The molecule has 166 valence electrons. The molecule has 5 heteroatoms. The molecule has 0 bridgehead atoms. The van der Waals surface area contributed by atoms with Crippen molar-refractivity contribution in [2.24, 2.45) is 0 Å². The zero-order valence-electron chi connectivity index (χ0n) is 19.0. The Kier molecular flexibility index (Phi) is 6.64. The predicted octanol–water partition coefficient (Wildman–Crippen LogP) is 4.36. The minimum absolute atomic E-state index is 0.00628. The molecule has 0 saturated carbocycles. The summed E-state index contributed by atoms with van der Waals surface area (Å²) in [4.78, 5) is 17.1. The summed E-state index contributed by atoms with van der Waals surface area (Å²) in [5.74, 6) is 0.596. The van der Waals surface area contributed by atoms with Crippen molar-refractivity contribution < 1.29 is 9.53 Å². The van der Waals surface area contributed by atoms with E-state index in [1.807, 2.05) is 45.3 Å². The number of fused-ring (bicyclic) bond motifs is 1. The third-order valence-electron chi connectivity index (χ3n) is 5.95. The Labute approximate surface area is 190 Å². The number of amides is 1. The average Bonchev–Trinajstić information content (AvgIpc) is 3.22. The number of benzene rings is 3. The Morgan fingerprint density at radius 1 is 1.06 bits per heavy atom. The molecule has 1 heterocycles. The number of hydrogen-bond acceptors (Lipinski definition) is 4. The van der Waals surface area contributed by atoms with Crippen LogP contribution in [-0.2, 0) is 11.2 Å². The van der Waals surface area contributed by atoms with E-state index in [4.69, 9.17) is 4.74 Å². The highest BCUT2D eigenvalue weighted by Gasteiger charge is 2.27. The summed E-state index contributed by atoms with van der Waals surface area (Å²) in [6.07, 6.45) is 1.02. The van der Waals surface area contributed by atoms with Gasteiger partial charge in [-0.15, -0.1) is 0 Å². The fourth-order valence-electron chi connectivity index (χ4n) is 4.21. The number of anilines is 2. The highest BCUT2D eigenvalue weighted by Crippen LogP contribution is 2.35. The van der Waals surface area contributed by atoms with E-state index in [2.05, 4.69) is 63.6 Å². The van der Waals surface area contributed by atoms with E-state index in [0.717, 1.165) is 24.2 Å². The van der Waals surface area contributed by atoms with Crippen LogP contribution < -0.4 is 19.9 Å². The van der Waals surface area contributed by atoms with Crippen molar-refractivity contribution in [3.8, 4) is 5.75 Å². The molecule has 4 rings (SSSR count). The molecule has 1 aliphatic heterocycles. The van der Waals surface area contributed by atoms with Gasteiger partial charge in [0.15, 0.2) is 6.61 Å². The van der Waals surface area contributed by atoms with Gasteiger partial charge in [-0.2, -0.15) is 0 Å². The van der Waals surface area contributed by atoms with Gasteiger partial charge in [-0.1, -0.05) is 42.5 Å². The molecule has 5 nitrogen and oxygen atoms in total. The standard InChI is InChI=1S/C27H31N3O2/c1-20-7-6-9-24(17-20)32-19-27(31)28-18-26(22-11-13-23(14-12-22)29(2)3)30-16-15-21-8-4-5-10-25(21)30/h4-14,17,26H,15-16,18-19H2,1-3H3,(H,28,31)/t26-/m0/s1. The average molecular weight is 430 g/mol. The maximum atomic E-state index is 12.6. The highest BCUT2D eigenvalue weighted by atomic mass is 16.5. The molecule has 1 aliphatic rings. The van der Waals surface area contributed by atoms with E-state index in [0.29, 0.717) is 12.3 Å². The van der Waals surface area contributed by atoms with Crippen LogP contribution in [0.3, 0.4) is 0 Å². The van der Waals surface area contributed by atoms with Crippen LogP contribution in [0.25, 0.3) is 0 Å². The minimum Gasteiger partial charge on any atom is -0.484 e. The molecule has 0 fully saturated rings. The van der Waals surface area contributed by atoms with E-state index in [-0.39, 0.29) is 18.6 Å². The molecule has 1 atom stereocenters. The molecule has 0 aliphatic carbocycles. The molecule has 32 heavy (non-hydrogen) atoms. The highest BCUT2D eigenvalue weighted by molar-refractivity contribution is 5.77. The molecule has 1 amide bonds. The van der Waals surface area contributed by atoms with Gasteiger partial charge in [0.25, 0.3) is 5.91 Å². The van der Waals surface area contributed by atoms with Gasteiger partial charge in [-0.25, -0.2) is 0 Å². The normalized spacial score (nSPS) is 13.4. The van der Waals surface area contributed by atoms with E-state index in [1.54, 1.807) is 0 Å². The van der Waals surface area contributed by atoms with Crippen LogP contribution in [0.2, 0.25) is 0 Å². The smallest absolute Gasteiger partial charge is 0.258 e. The Balaban J connectivity index is 1.47. The molecule has 3 aromatic rings. The molecular formula is C27H31N3O2. The third-order valence-corrected chi connectivity index (χ3v) is 5.95. The number of para-hydroxylation sites is 1. The van der Waals surface area contributed by atoms with E-state index in [9.17, 15) is 4.79 Å². The SMILES string of the molecule is Cc1cccc(OCC(=O)NC[C@@H](c2ccc(N(C)C)cc2)N2CCc3ccccc32)c1. The molecule has 1 N–H and O–H groups in total. The molecule has 0 unspecified atom stereocenters. The van der Waals surface area contributed by atoms with Crippen LogP contribution in [-0.4, -0.2) is 39.7 Å². The second kappa shape index (κ2) is 9.77. The maximum absolute atomic E-state index is 12.6. The van der Waals surface area contributed by atoms with Gasteiger partial charge in [0, 0.05) is 38.6 Å².